The summed E-state index contributed by atoms with van der Waals surface area (Å²) in [6.45, 7) is 2.56. The number of allylic oxidation sites excluding steroid dienone is 1. The van der Waals surface area contributed by atoms with Gasteiger partial charge in [-0.25, -0.2) is 4.39 Å². The molecule has 0 aliphatic carbocycles. The molecule has 17 heavy (non-hydrogen) atoms. The lowest BCUT2D eigenvalue weighted by molar-refractivity contribution is -0.118. The van der Waals surface area contributed by atoms with E-state index in [-0.39, 0.29) is 17.5 Å². The topological polar surface area (TPSA) is 20.3 Å². The molecule has 0 saturated heterocycles. The molecule has 0 radical (unpaired) electrons. The largest absolute Gasteiger partial charge is 0.309 e. The average Bonchev–Trinajstić information content (AvgIpc) is 2.26. The Bertz CT molecular complexity index is 412. The highest BCUT2D eigenvalue weighted by Gasteiger charge is 2.10. The van der Waals surface area contributed by atoms with Crippen molar-refractivity contribution in [1.29, 1.82) is 0 Å². The van der Waals surface area contributed by atoms with E-state index in [1.165, 1.54) is 18.2 Å². The summed E-state index contributed by atoms with van der Waals surface area (Å²) in [5, 5.41) is 0. The second kappa shape index (κ2) is 6.30. The fourth-order valence-electron chi connectivity index (χ4n) is 1.58. The van der Waals surface area contributed by atoms with Gasteiger partial charge in [0.2, 0.25) is 0 Å². The van der Waals surface area contributed by atoms with Crippen LogP contribution in [0.15, 0.2) is 30.3 Å². The normalized spacial score (nSPS) is 13.2. The number of nitrogens with zero attached hydrogens (tertiary/aromatic N) is 1. The highest BCUT2D eigenvalue weighted by molar-refractivity contribution is 5.95. The van der Waals surface area contributed by atoms with E-state index in [2.05, 4.69) is 0 Å². The number of carbonyl (C=O) groups is 1. The summed E-state index contributed by atoms with van der Waals surface area (Å²) in [5.74, 6) is -0.369. The van der Waals surface area contributed by atoms with E-state index in [1.807, 2.05) is 25.9 Å². The maximum absolute atomic E-state index is 13.3. The highest BCUT2D eigenvalue weighted by Crippen LogP contribution is 2.09. The minimum atomic E-state index is -0.309. The van der Waals surface area contributed by atoms with Crippen LogP contribution >= 0.6 is 0 Å². The molecule has 3 heteroatoms. The first kappa shape index (κ1) is 13.6. The molecule has 92 valence electrons. The molecule has 0 saturated carbocycles. The van der Waals surface area contributed by atoms with Gasteiger partial charge in [0, 0.05) is 18.0 Å². The molecule has 1 aromatic rings. The Kier molecular flexibility index (Phi) is 5.04. The Hall–Kier alpha value is -1.48. The first-order chi connectivity index (χ1) is 8.00. The number of hydrogen-bond acceptors (Lipinski definition) is 2. The summed E-state index contributed by atoms with van der Waals surface area (Å²) < 4.78 is 13.3. The molecule has 0 aliphatic rings. The Morgan fingerprint density at radius 3 is 2.65 bits per heavy atom. The molecule has 0 heterocycles. The maximum atomic E-state index is 13.3. The molecule has 1 atom stereocenters. The van der Waals surface area contributed by atoms with Crippen LogP contribution in [-0.2, 0) is 4.79 Å². The van der Waals surface area contributed by atoms with Gasteiger partial charge in [-0.2, -0.15) is 0 Å². The van der Waals surface area contributed by atoms with Crippen LogP contribution < -0.4 is 0 Å². The molecule has 0 aromatic heterocycles. The second-order valence-electron chi connectivity index (χ2n) is 4.42. The van der Waals surface area contributed by atoms with Crippen molar-refractivity contribution in [1.82, 2.24) is 4.90 Å². The van der Waals surface area contributed by atoms with E-state index < -0.39 is 0 Å². The van der Waals surface area contributed by atoms with E-state index in [9.17, 15) is 9.18 Å². The summed E-state index contributed by atoms with van der Waals surface area (Å²) in [4.78, 5) is 13.7. The van der Waals surface area contributed by atoms with Crippen molar-refractivity contribution >= 4 is 11.9 Å². The average molecular weight is 235 g/mol. The summed E-state index contributed by atoms with van der Waals surface area (Å²) >= 11 is 0. The van der Waals surface area contributed by atoms with Crippen LogP contribution in [0.3, 0.4) is 0 Å². The predicted octanol–water partition coefficient (Wildman–Crippen LogP) is 2.61. The van der Waals surface area contributed by atoms with Crippen LogP contribution in [0.25, 0.3) is 6.08 Å². The number of halogens is 1. The van der Waals surface area contributed by atoms with Gasteiger partial charge in [0.05, 0.1) is 0 Å². The number of ketones is 1. The van der Waals surface area contributed by atoms with Crippen molar-refractivity contribution in [3.8, 4) is 0 Å². The van der Waals surface area contributed by atoms with Gasteiger partial charge in [0.1, 0.15) is 5.82 Å². The molecule has 0 spiro atoms. The van der Waals surface area contributed by atoms with Crippen molar-refractivity contribution in [3.05, 3.63) is 41.7 Å². The number of rotatable bonds is 5. The third kappa shape index (κ3) is 4.49. The second-order valence-corrected chi connectivity index (χ2v) is 4.42. The number of benzene rings is 1. The van der Waals surface area contributed by atoms with Crippen LogP contribution in [0, 0.1) is 11.7 Å². The van der Waals surface area contributed by atoms with Crippen molar-refractivity contribution in [2.45, 2.75) is 6.92 Å². The lowest BCUT2D eigenvalue weighted by Gasteiger charge is -2.13. The third-order valence-electron chi connectivity index (χ3n) is 2.46. The fraction of sp³-hybridized carbons (Fsp3) is 0.357. The molecule has 0 fully saturated rings. The summed E-state index contributed by atoms with van der Waals surface area (Å²) in [6.07, 6.45) is 2.98. The molecule has 2 nitrogen and oxygen atoms in total. The van der Waals surface area contributed by atoms with Gasteiger partial charge in [-0.05, 0) is 32.3 Å². The van der Waals surface area contributed by atoms with Gasteiger partial charge in [-0.1, -0.05) is 25.1 Å². The fourth-order valence-corrected chi connectivity index (χ4v) is 1.58. The minimum absolute atomic E-state index is 0.0157. The third-order valence-corrected chi connectivity index (χ3v) is 2.46. The van der Waals surface area contributed by atoms with Crippen molar-refractivity contribution in [3.63, 3.8) is 0 Å². The molecule has 0 aliphatic heterocycles. The Balaban J connectivity index is 2.65. The number of hydrogen-bond donors (Lipinski definition) is 0. The highest BCUT2D eigenvalue weighted by atomic mass is 19.1. The summed E-state index contributed by atoms with van der Waals surface area (Å²) in [6, 6.07) is 6.41. The zero-order valence-corrected chi connectivity index (χ0v) is 10.5. The van der Waals surface area contributed by atoms with Gasteiger partial charge < -0.3 is 4.90 Å². The van der Waals surface area contributed by atoms with Gasteiger partial charge in [-0.15, -0.1) is 0 Å². The smallest absolute Gasteiger partial charge is 0.159 e. The van der Waals surface area contributed by atoms with E-state index in [4.69, 9.17) is 0 Å². The van der Waals surface area contributed by atoms with E-state index in [1.54, 1.807) is 18.2 Å². The molecule has 0 bridgehead atoms. The Morgan fingerprint density at radius 1 is 1.41 bits per heavy atom. The Labute approximate surface area is 102 Å². The van der Waals surface area contributed by atoms with Gasteiger partial charge in [-0.3, -0.25) is 4.79 Å². The number of carbonyl (C=O) groups excluding carboxylic acids is 1. The quantitative estimate of drug-likeness (QED) is 0.731. The van der Waals surface area contributed by atoms with E-state index in [0.29, 0.717) is 12.1 Å². The van der Waals surface area contributed by atoms with Crippen LogP contribution in [0.5, 0.6) is 0 Å². The molecule has 1 aromatic carbocycles. The minimum Gasteiger partial charge on any atom is -0.309 e. The Morgan fingerprint density at radius 2 is 2.06 bits per heavy atom. The molecule has 1 unspecified atom stereocenters. The van der Waals surface area contributed by atoms with Crippen LogP contribution in [0.1, 0.15) is 12.5 Å². The first-order valence-electron chi connectivity index (χ1n) is 5.62. The molecular weight excluding hydrogens is 217 g/mol. The van der Waals surface area contributed by atoms with Crippen molar-refractivity contribution in [2.75, 3.05) is 20.6 Å². The lowest BCUT2D eigenvalue weighted by Crippen LogP contribution is -2.24. The molecule has 1 rings (SSSR count). The van der Waals surface area contributed by atoms with Crippen LogP contribution in [0.4, 0.5) is 4.39 Å². The zero-order valence-electron chi connectivity index (χ0n) is 10.5. The van der Waals surface area contributed by atoms with Gasteiger partial charge in [0.25, 0.3) is 0 Å². The summed E-state index contributed by atoms with van der Waals surface area (Å²) in [7, 11) is 3.84. The molecule has 0 amide bonds. The monoisotopic (exact) mass is 235 g/mol. The predicted molar refractivity (Wildman–Crippen MR) is 68.2 cm³/mol. The molecular formula is C14H18FNO. The van der Waals surface area contributed by atoms with Crippen molar-refractivity contribution in [2.24, 2.45) is 5.92 Å². The molecule has 0 N–H and O–H groups in total. The van der Waals surface area contributed by atoms with Gasteiger partial charge >= 0.3 is 0 Å². The van der Waals surface area contributed by atoms with Crippen LogP contribution in [0.2, 0.25) is 0 Å². The maximum Gasteiger partial charge on any atom is 0.159 e. The standard InChI is InChI=1S/C14H18FNO/c1-11(10-16(2)3)14(17)9-8-12-6-4-5-7-13(12)15/h4-9,11H,10H2,1-3H3/b9-8+. The summed E-state index contributed by atoms with van der Waals surface area (Å²) in [5.41, 5.74) is 0.443. The van der Waals surface area contributed by atoms with E-state index in [0.717, 1.165) is 0 Å². The van der Waals surface area contributed by atoms with E-state index >= 15 is 0 Å². The first-order valence-corrected chi connectivity index (χ1v) is 5.62. The van der Waals surface area contributed by atoms with Crippen molar-refractivity contribution < 1.29 is 9.18 Å². The zero-order chi connectivity index (χ0) is 12.8. The SMILES string of the molecule is CC(CN(C)C)C(=O)/C=C/c1ccccc1F. The van der Waals surface area contributed by atoms with Crippen LogP contribution in [-0.4, -0.2) is 31.3 Å². The van der Waals surface area contributed by atoms with Gasteiger partial charge in [0.15, 0.2) is 5.78 Å². The lowest BCUT2D eigenvalue weighted by atomic mass is 10.0.